The number of benzene rings is 1. The first-order chi connectivity index (χ1) is 14.3. The van der Waals surface area contributed by atoms with Crippen LogP contribution in [0, 0.1) is 23.3 Å². The van der Waals surface area contributed by atoms with Crippen LogP contribution in [0.3, 0.4) is 0 Å². The normalized spacial score (nSPS) is 11.2. The topological polar surface area (TPSA) is 76.9 Å². The second-order valence-electron chi connectivity index (χ2n) is 6.63. The average molecular weight is 424 g/mol. The maximum atomic E-state index is 14.0. The standard InChI is InChI=1S/C19H20F4N6O/c1-11(2)30-4-3-29-10-13(7-26-29)27-19-25-9-17(23)18(28-19)24-8-14-15(21)5-12(20)6-16(14)22/h5-7,9-11H,3-4,8H2,1-2H3,(H2,24,25,27,28). The summed E-state index contributed by atoms with van der Waals surface area (Å²) < 4.78 is 61.6. The van der Waals surface area contributed by atoms with E-state index in [-0.39, 0.29) is 17.9 Å². The molecule has 30 heavy (non-hydrogen) atoms. The van der Waals surface area contributed by atoms with Gasteiger partial charge in [-0.3, -0.25) is 4.68 Å². The van der Waals surface area contributed by atoms with Crippen LogP contribution in [0.1, 0.15) is 19.4 Å². The van der Waals surface area contributed by atoms with E-state index in [9.17, 15) is 17.6 Å². The number of hydrogen-bond acceptors (Lipinski definition) is 6. The number of hydrogen-bond donors (Lipinski definition) is 2. The van der Waals surface area contributed by atoms with Crippen molar-refractivity contribution in [3.8, 4) is 0 Å². The first-order valence-electron chi connectivity index (χ1n) is 9.12. The fraction of sp³-hybridized carbons (Fsp3) is 0.316. The number of nitrogens with zero attached hydrogens (tertiary/aromatic N) is 4. The molecule has 0 spiro atoms. The zero-order valence-corrected chi connectivity index (χ0v) is 16.3. The average Bonchev–Trinajstić information content (AvgIpc) is 3.10. The second-order valence-corrected chi connectivity index (χ2v) is 6.63. The second kappa shape index (κ2) is 9.53. The third-order valence-electron chi connectivity index (χ3n) is 3.94. The summed E-state index contributed by atoms with van der Waals surface area (Å²) in [6, 6.07) is 1.10. The minimum atomic E-state index is -1.08. The number of aromatic nitrogens is 4. The van der Waals surface area contributed by atoms with Crippen molar-refractivity contribution in [2.75, 3.05) is 17.2 Å². The minimum absolute atomic E-state index is 0.0527. The lowest BCUT2D eigenvalue weighted by Gasteiger charge is -2.10. The summed E-state index contributed by atoms with van der Waals surface area (Å²) in [5, 5.41) is 9.53. The van der Waals surface area contributed by atoms with Crippen molar-refractivity contribution in [3.63, 3.8) is 0 Å². The van der Waals surface area contributed by atoms with Crippen LogP contribution in [0.15, 0.2) is 30.7 Å². The Bertz CT molecular complexity index is 987. The van der Waals surface area contributed by atoms with Gasteiger partial charge >= 0.3 is 0 Å². The summed E-state index contributed by atoms with van der Waals surface area (Å²) in [6.07, 6.45) is 4.27. The number of anilines is 3. The molecule has 0 aliphatic carbocycles. The van der Waals surface area contributed by atoms with Crippen molar-refractivity contribution in [1.82, 2.24) is 19.7 Å². The molecule has 3 rings (SSSR count). The molecule has 0 aliphatic rings. The van der Waals surface area contributed by atoms with E-state index in [1.807, 2.05) is 13.8 Å². The molecular formula is C19H20F4N6O. The van der Waals surface area contributed by atoms with Gasteiger partial charge in [0.25, 0.3) is 0 Å². The highest BCUT2D eigenvalue weighted by Gasteiger charge is 2.14. The van der Waals surface area contributed by atoms with E-state index in [1.54, 1.807) is 17.1 Å². The Hall–Kier alpha value is -3.21. The smallest absolute Gasteiger partial charge is 0.229 e. The fourth-order valence-corrected chi connectivity index (χ4v) is 2.53. The van der Waals surface area contributed by atoms with Crippen LogP contribution in [0.4, 0.5) is 35.0 Å². The van der Waals surface area contributed by atoms with E-state index in [0.29, 0.717) is 31.0 Å². The maximum absolute atomic E-state index is 14.0. The molecule has 0 atom stereocenters. The molecule has 0 unspecified atom stereocenters. The largest absolute Gasteiger partial charge is 0.377 e. The summed E-state index contributed by atoms with van der Waals surface area (Å²) in [4.78, 5) is 7.80. The van der Waals surface area contributed by atoms with E-state index < -0.39 is 35.4 Å². The fourth-order valence-electron chi connectivity index (χ4n) is 2.53. The molecule has 0 aliphatic heterocycles. The Morgan fingerprint density at radius 1 is 1.07 bits per heavy atom. The first-order valence-corrected chi connectivity index (χ1v) is 9.12. The van der Waals surface area contributed by atoms with Crippen molar-refractivity contribution in [2.45, 2.75) is 33.0 Å². The quantitative estimate of drug-likeness (QED) is 0.506. The van der Waals surface area contributed by atoms with Crippen LogP contribution < -0.4 is 10.6 Å². The van der Waals surface area contributed by atoms with Gasteiger partial charge < -0.3 is 15.4 Å². The van der Waals surface area contributed by atoms with Crippen LogP contribution in [0.5, 0.6) is 0 Å². The molecule has 1 aromatic carbocycles. The van der Waals surface area contributed by atoms with Gasteiger partial charge in [-0.25, -0.2) is 22.5 Å². The Morgan fingerprint density at radius 2 is 1.80 bits per heavy atom. The summed E-state index contributed by atoms with van der Waals surface area (Å²) in [6.45, 7) is 4.49. The van der Waals surface area contributed by atoms with Crippen LogP contribution in [-0.2, 0) is 17.8 Å². The Kier molecular flexibility index (Phi) is 6.83. The third-order valence-corrected chi connectivity index (χ3v) is 3.94. The van der Waals surface area contributed by atoms with Gasteiger partial charge in [-0.05, 0) is 13.8 Å². The summed E-state index contributed by atoms with van der Waals surface area (Å²) in [7, 11) is 0. The lowest BCUT2D eigenvalue weighted by Crippen LogP contribution is -2.10. The number of halogens is 4. The summed E-state index contributed by atoms with van der Waals surface area (Å²) in [5.41, 5.74) is 0.126. The lowest BCUT2D eigenvalue weighted by atomic mass is 10.2. The molecule has 0 saturated heterocycles. The molecule has 0 radical (unpaired) electrons. The van der Waals surface area contributed by atoms with Gasteiger partial charge in [-0.2, -0.15) is 10.1 Å². The van der Waals surface area contributed by atoms with Crippen LogP contribution in [0.25, 0.3) is 0 Å². The van der Waals surface area contributed by atoms with Gasteiger partial charge in [0.2, 0.25) is 5.95 Å². The van der Waals surface area contributed by atoms with Gasteiger partial charge in [0.05, 0.1) is 37.3 Å². The molecule has 0 fully saturated rings. The Labute approximate surface area is 170 Å². The lowest BCUT2D eigenvalue weighted by molar-refractivity contribution is 0.0710. The Morgan fingerprint density at radius 3 is 2.50 bits per heavy atom. The SMILES string of the molecule is CC(C)OCCn1cc(Nc2ncc(F)c(NCc3c(F)cc(F)cc3F)n2)cn1. The molecule has 7 nitrogen and oxygen atoms in total. The molecular weight excluding hydrogens is 404 g/mol. The predicted octanol–water partition coefficient (Wildman–Crippen LogP) is 4.01. The van der Waals surface area contributed by atoms with Crippen molar-refractivity contribution in [2.24, 2.45) is 0 Å². The minimum Gasteiger partial charge on any atom is -0.377 e. The van der Waals surface area contributed by atoms with E-state index in [1.165, 1.54) is 0 Å². The molecule has 2 heterocycles. The van der Waals surface area contributed by atoms with Crippen LogP contribution >= 0.6 is 0 Å². The van der Waals surface area contributed by atoms with Crippen LogP contribution in [0.2, 0.25) is 0 Å². The summed E-state index contributed by atoms with van der Waals surface area (Å²) in [5.74, 6) is -4.23. The first kappa shape index (κ1) is 21.5. The van der Waals surface area contributed by atoms with Crippen LogP contribution in [-0.4, -0.2) is 32.5 Å². The van der Waals surface area contributed by atoms with E-state index in [4.69, 9.17) is 4.74 Å². The van der Waals surface area contributed by atoms with E-state index in [2.05, 4.69) is 25.7 Å². The zero-order valence-electron chi connectivity index (χ0n) is 16.3. The van der Waals surface area contributed by atoms with Crippen molar-refractivity contribution >= 4 is 17.5 Å². The Balaban J connectivity index is 1.65. The van der Waals surface area contributed by atoms with E-state index in [0.717, 1.165) is 6.20 Å². The highest BCUT2D eigenvalue weighted by molar-refractivity contribution is 5.52. The summed E-state index contributed by atoms with van der Waals surface area (Å²) >= 11 is 0. The van der Waals surface area contributed by atoms with Crippen molar-refractivity contribution in [3.05, 3.63) is 59.6 Å². The molecule has 11 heteroatoms. The zero-order chi connectivity index (χ0) is 21.7. The number of nitrogens with one attached hydrogen (secondary N) is 2. The number of rotatable bonds is 9. The van der Waals surface area contributed by atoms with Crippen molar-refractivity contribution in [1.29, 1.82) is 0 Å². The highest BCUT2D eigenvalue weighted by atomic mass is 19.1. The van der Waals surface area contributed by atoms with Crippen molar-refractivity contribution < 1.29 is 22.3 Å². The molecule has 3 aromatic rings. The van der Waals surface area contributed by atoms with Gasteiger partial charge in [-0.15, -0.1) is 0 Å². The molecule has 0 saturated carbocycles. The predicted molar refractivity (Wildman–Crippen MR) is 102 cm³/mol. The highest BCUT2D eigenvalue weighted by Crippen LogP contribution is 2.19. The van der Waals surface area contributed by atoms with Gasteiger partial charge in [0, 0.05) is 30.4 Å². The molecule has 0 amide bonds. The van der Waals surface area contributed by atoms with Gasteiger partial charge in [0.1, 0.15) is 17.5 Å². The number of ether oxygens (including phenoxy) is 1. The van der Waals surface area contributed by atoms with Gasteiger partial charge in [0.15, 0.2) is 11.6 Å². The third kappa shape index (κ3) is 5.66. The van der Waals surface area contributed by atoms with E-state index >= 15 is 0 Å². The molecule has 0 bridgehead atoms. The molecule has 2 N–H and O–H groups in total. The monoisotopic (exact) mass is 424 g/mol. The molecule has 160 valence electrons. The maximum Gasteiger partial charge on any atom is 0.229 e. The van der Waals surface area contributed by atoms with Gasteiger partial charge in [-0.1, -0.05) is 0 Å². The molecule has 2 aromatic heterocycles.